The number of H-pyrrole nitrogens is 1. The second kappa shape index (κ2) is 7.67. The van der Waals surface area contributed by atoms with Crippen molar-refractivity contribution in [1.29, 1.82) is 0 Å². The van der Waals surface area contributed by atoms with Crippen molar-refractivity contribution >= 4 is 44.3 Å². The minimum absolute atomic E-state index is 0.00192. The Morgan fingerprint density at radius 2 is 1.97 bits per heavy atom. The van der Waals surface area contributed by atoms with E-state index in [1.54, 1.807) is 28.0 Å². The summed E-state index contributed by atoms with van der Waals surface area (Å²) in [6, 6.07) is 6.56. The first-order valence-electron chi connectivity index (χ1n) is 10.8. The van der Waals surface area contributed by atoms with Crippen LogP contribution in [0.15, 0.2) is 29.3 Å². The minimum atomic E-state index is -4.02. The van der Waals surface area contributed by atoms with Gasteiger partial charge in [-0.25, -0.2) is 8.42 Å². The van der Waals surface area contributed by atoms with Crippen molar-refractivity contribution in [2.24, 2.45) is 5.73 Å². The van der Waals surface area contributed by atoms with Gasteiger partial charge in [-0.05, 0) is 37.1 Å². The van der Waals surface area contributed by atoms with Crippen molar-refractivity contribution < 1.29 is 22.7 Å². The minimum Gasteiger partial charge on any atom is -0.345 e. The molecule has 0 bridgehead atoms. The Morgan fingerprint density at radius 1 is 1.24 bits per heavy atom. The molecule has 0 aliphatic carbocycles. The molecular weight excluding hydrogens is 470 g/mol. The van der Waals surface area contributed by atoms with Gasteiger partial charge in [0.1, 0.15) is 5.03 Å². The van der Waals surface area contributed by atoms with Crippen molar-refractivity contribution in [3.8, 4) is 0 Å². The van der Waals surface area contributed by atoms with E-state index >= 15 is 0 Å². The topological polar surface area (TPSA) is 129 Å². The fraction of sp³-hybridized carbons (Fsp3) is 0.524. The number of halogens is 1. The number of nitrogens with two attached hydrogens (primary N) is 1. The van der Waals surface area contributed by atoms with Crippen LogP contribution < -0.4 is 5.73 Å². The molecule has 3 N–H and O–H groups in total. The van der Waals surface area contributed by atoms with Crippen LogP contribution in [0, 0.1) is 0 Å². The Labute approximate surface area is 196 Å². The standard InChI is InChI=1S/C21H26ClN5O5S/c1-14(28)25-6-4-20(5-7-25)12-27-19(29)10-26(13-21(27,11-23)32-20)33(30,31)18-9-15-8-16(22)2-3-17(15)24-18/h2-3,8-9,24H,4-7,10-13,23H2,1H3. The maximum absolute atomic E-state index is 13.5. The third kappa shape index (κ3) is 3.62. The van der Waals surface area contributed by atoms with Gasteiger partial charge in [0.05, 0.1) is 25.2 Å². The molecule has 3 saturated heterocycles. The van der Waals surface area contributed by atoms with Gasteiger partial charge >= 0.3 is 0 Å². The maximum Gasteiger partial charge on any atom is 0.259 e. The highest BCUT2D eigenvalue weighted by Gasteiger charge is 2.60. The molecule has 4 heterocycles. The summed E-state index contributed by atoms with van der Waals surface area (Å²) in [5.41, 5.74) is 4.85. The van der Waals surface area contributed by atoms with E-state index in [1.807, 2.05) is 0 Å². The van der Waals surface area contributed by atoms with Crippen molar-refractivity contribution in [2.75, 3.05) is 39.3 Å². The maximum atomic E-state index is 13.5. The first-order chi connectivity index (χ1) is 15.6. The lowest BCUT2D eigenvalue weighted by Crippen LogP contribution is -2.66. The van der Waals surface area contributed by atoms with Crippen molar-refractivity contribution in [3.63, 3.8) is 0 Å². The fourth-order valence-corrected chi connectivity index (χ4v) is 6.78. The van der Waals surface area contributed by atoms with Crippen LogP contribution in [0.2, 0.25) is 5.02 Å². The van der Waals surface area contributed by atoms with Crippen LogP contribution in [0.25, 0.3) is 10.9 Å². The molecule has 1 aromatic carbocycles. The third-order valence-corrected chi connectivity index (χ3v) is 8.94. The Bertz CT molecular complexity index is 1240. The number of fused-ring (bicyclic) bond motifs is 2. The third-order valence-electron chi connectivity index (χ3n) is 7.00. The van der Waals surface area contributed by atoms with Crippen LogP contribution in [0.5, 0.6) is 0 Å². The number of aromatic nitrogens is 1. The second-order valence-corrected chi connectivity index (χ2v) is 11.4. The molecular formula is C21H26ClN5O5S. The first-order valence-corrected chi connectivity index (χ1v) is 12.6. The van der Waals surface area contributed by atoms with Gasteiger partial charge in [0.15, 0.2) is 5.72 Å². The Kier molecular flexibility index (Phi) is 5.25. The normalized spacial score (nSPS) is 25.7. The lowest BCUT2D eigenvalue weighted by molar-refractivity contribution is -0.177. The number of carbonyl (C=O) groups excluding carboxylic acids is 2. The highest BCUT2D eigenvalue weighted by molar-refractivity contribution is 7.89. The van der Waals surface area contributed by atoms with E-state index in [4.69, 9.17) is 22.1 Å². The Balaban J connectivity index is 1.43. The summed E-state index contributed by atoms with van der Waals surface area (Å²) in [5, 5.41) is 1.14. The summed E-state index contributed by atoms with van der Waals surface area (Å²) < 4.78 is 34.5. The number of nitrogens with one attached hydrogen (secondary N) is 1. The van der Waals surface area contributed by atoms with E-state index in [-0.39, 0.29) is 36.5 Å². The van der Waals surface area contributed by atoms with Gasteiger partial charge in [0.2, 0.25) is 11.8 Å². The molecule has 12 heteroatoms. The molecule has 3 aliphatic rings. The molecule has 2 amide bonds. The summed E-state index contributed by atoms with van der Waals surface area (Å²) in [5.74, 6) is -0.345. The van der Waals surface area contributed by atoms with Crippen LogP contribution in [-0.4, -0.2) is 89.9 Å². The number of likely N-dealkylation sites (tertiary alicyclic amines) is 1. The molecule has 1 aromatic heterocycles. The lowest BCUT2D eigenvalue weighted by atomic mass is 9.91. The van der Waals surface area contributed by atoms with Crippen molar-refractivity contribution in [3.05, 3.63) is 29.3 Å². The first kappa shape index (κ1) is 22.6. The highest BCUT2D eigenvalue weighted by Crippen LogP contribution is 2.43. The van der Waals surface area contributed by atoms with E-state index in [1.165, 1.54) is 13.0 Å². The fourth-order valence-electron chi connectivity index (χ4n) is 5.15. The largest absolute Gasteiger partial charge is 0.345 e. The summed E-state index contributed by atoms with van der Waals surface area (Å²) in [4.78, 5) is 31.1. The number of piperidine rings is 1. The van der Waals surface area contributed by atoms with E-state index in [2.05, 4.69) is 4.98 Å². The van der Waals surface area contributed by atoms with E-state index in [0.717, 1.165) is 4.31 Å². The average molecular weight is 496 g/mol. The van der Waals surface area contributed by atoms with Gasteiger partial charge in [0.25, 0.3) is 10.0 Å². The summed E-state index contributed by atoms with van der Waals surface area (Å²) >= 11 is 6.03. The van der Waals surface area contributed by atoms with E-state index in [0.29, 0.717) is 48.4 Å². The molecule has 33 heavy (non-hydrogen) atoms. The number of carbonyl (C=O) groups is 2. The average Bonchev–Trinajstić information content (AvgIpc) is 3.34. The number of ether oxygens (including phenoxy) is 1. The zero-order chi connectivity index (χ0) is 23.6. The number of sulfonamides is 1. The summed E-state index contributed by atoms with van der Waals surface area (Å²) in [7, 11) is -4.02. The molecule has 3 aliphatic heterocycles. The molecule has 5 rings (SSSR count). The number of hydrogen-bond acceptors (Lipinski definition) is 6. The number of aromatic amines is 1. The summed E-state index contributed by atoms with van der Waals surface area (Å²) in [6.07, 6.45) is 1.13. The van der Waals surface area contributed by atoms with E-state index < -0.39 is 21.3 Å². The molecule has 0 radical (unpaired) electrons. The van der Waals surface area contributed by atoms with Crippen LogP contribution in [-0.2, 0) is 24.3 Å². The van der Waals surface area contributed by atoms with Gasteiger partial charge < -0.3 is 25.3 Å². The van der Waals surface area contributed by atoms with Crippen molar-refractivity contribution in [2.45, 2.75) is 36.1 Å². The van der Waals surface area contributed by atoms with Gasteiger partial charge in [-0.3, -0.25) is 9.59 Å². The smallest absolute Gasteiger partial charge is 0.259 e. The molecule has 3 fully saturated rings. The van der Waals surface area contributed by atoms with Crippen LogP contribution >= 0.6 is 11.6 Å². The molecule has 1 unspecified atom stereocenters. The molecule has 1 spiro atoms. The van der Waals surface area contributed by atoms with Crippen LogP contribution in [0.4, 0.5) is 0 Å². The SMILES string of the molecule is CC(=O)N1CCC2(CC1)CN1C(=O)CN(S(=O)(=O)c3cc4cc(Cl)ccc4[nH]3)CC1(CN)O2. The number of nitrogens with zero attached hydrogens (tertiary/aromatic N) is 3. The second-order valence-electron chi connectivity index (χ2n) is 9.06. The Morgan fingerprint density at radius 3 is 2.64 bits per heavy atom. The monoisotopic (exact) mass is 495 g/mol. The number of amides is 2. The Hall–Kier alpha value is -2.18. The predicted molar refractivity (Wildman–Crippen MR) is 121 cm³/mol. The van der Waals surface area contributed by atoms with Gasteiger partial charge in [-0.2, -0.15) is 4.31 Å². The summed E-state index contributed by atoms with van der Waals surface area (Å²) in [6.45, 7) is 2.53. The lowest BCUT2D eigenvalue weighted by Gasteiger charge is -2.44. The van der Waals surface area contributed by atoms with Crippen LogP contribution in [0.1, 0.15) is 19.8 Å². The van der Waals surface area contributed by atoms with Gasteiger partial charge in [-0.1, -0.05) is 11.6 Å². The zero-order valence-electron chi connectivity index (χ0n) is 18.2. The number of hydrogen-bond donors (Lipinski definition) is 2. The van der Waals surface area contributed by atoms with Crippen LogP contribution in [0.3, 0.4) is 0 Å². The van der Waals surface area contributed by atoms with E-state index in [9.17, 15) is 18.0 Å². The molecule has 10 nitrogen and oxygen atoms in total. The van der Waals surface area contributed by atoms with Gasteiger partial charge in [-0.15, -0.1) is 0 Å². The number of rotatable bonds is 3. The quantitative estimate of drug-likeness (QED) is 0.645. The molecule has 2 aromatic rings. The van der Waals surface area contributed by atoms with Crippen molar-refractivity contribution in [1.82, 2.24) is 19.1 Å². The molecule has 0 saturated carbocycles. The number of benzene rings is 1. The predicted octanol–water partition coefficient (Wildman–Crippen LogP) is 0.721. The van der Waals surface area contributed by atoms with Gasteiger partial charge in [0, 0.05) is 42.5 Å². The number of piperazine rings is 1. The molecule has 1 atom stereocenters. The molecule has 178 valence electrons. The zero-order valence-corrected chi connectivity index (χ0v) is 19.8. The highest BCUT2D eigenvalue weighted by atomic mass is 35.5.